The Hall–Kier alpha value is -2.89. The van der Waals surface area contributed by atoms with Gasteiger partial charge in [0.05, 0.1) is 22.4 Å². The summed E-state index contributed by atoms with van der Waals surface area (Å²) < 4.78 is 2.12. The van der Waals surface area contributed by atoms with E-state index in [1.165, 1.54) is 0 Å². The number of rotatable bonds is 4. The third-order valence-electron chi connectivity index (χ3n) is 3.83. The molecule has 3 rings (SSSR count). The highest BCUT2D eigenvalue weighted by Crippen LogP contribution is 2.17. The van der Waals surface area contributed by atoms with Gasteiger partial charge in [-0.25, -0.2) is 10.4 Å². The quantitative estimate of drug-likeness (QED) is 0.574. The van der Waals surface area contributed by atoms with Crippen LogP contribution in [0, 0.1) is 6.92 Å². The molecule has 0 spiro atoms. The van der Waals surface area contributed by atoms with Crippen molar-refractivity contribution >= 4 is 22.7 Å². The first-order chi connectivity index (χ1) is 11.1. The molecule has 2 N–H and O–H groups in total. The van der Waals surface area contributed by atoms with Gasteiger partial charge < -0.3 is 9.55 Å². The largest absolute Gasteiger partial charge is 0.360 e. The van der Waals surface area contributed by atoms with Crippen LogP contribution in [0.15, 0.2) is 41.6 Å². The van der Waals surface area contributed by atoms with Crippen molar-refractivity contribution in [3.8, 4) is 0 Å². The van der Waals surface area contributed by atoms with Crippen molar-refractivity contribution in [1.29, 1.82) is 0 Å². The number of hydrazone groups is 1. The molecule has 0 unspecified atom stereocenters. The fourth-order valence-electron chi connectivity index (χ4n) is 2.61. The zero-order chi connectivity index (χ0) is 16.4. The number of aromatic amines is 1. The maximum atomic E-state index is 12.3. The van der Waals surface area contributed by atoms with E-state index >= 15 is 0 Å². The highest BCUT2D eigenvalue weighted by atomic mass is 16.2. The van der Waals surface area contributed by atoms with Crippen molar-refractivity contribution in [2.75, 3.05) is 0 Å². The maximum Gasteiger partial charge on any atom is 0.271 e. The molecule has 0 saturated heterocycles. The van der Waals surface area contributed by atoms with Gasteiger partial charge in [-0.2, -0.15) is 5.10 Å². The normalized spacial score (nSPS) is 11.9. The summed E-state index contributed by atoms with van der Waals surface area (Å²) in [6.45, 7) is 6.73. The number of nitrogens with one attached hydrogen (secondary N) is 2. The van der Waals surface area contributed by atoms with Gasteiger partial charge in [-0.05, 0) is 51.1 Å². The van der Waals surface area contributed by atoms with Crippen molar-refractivity contribution in [2.24, 2.45) is 5.10 Å². The van der Waals surface area contributed by atoms with Crippen molar-refractivity contribution in [1.82, 2.24) is 20.0 Å². The number of carbonyl (C=O) groups is 1. The number of carbonyl (C=O) groups excluding carboxylic acids is 1. The van der Waals surface area contributed by atoms with Gasteiger partial charge in [0.15, 0.2) is 0 Å². The van der Waals surface area contributed by atoms with Crippen LogP contribution in [0.5, 0.6) is 0 Å². The zero-order valence-corrected chi connectivity index (χ0v) is 13.4. The van der Waals surface area contributed by atoms with Crippen LogP contribution in [0.25, 0.3) is 11.0 Å². The van der Waals surface area contributed by atoms with Crippen LogP contribution in [0.4, 0.5) is 0 Å². The average molecular weight is 309 g/mol. The van der Waals surface area contributed by atoms with Gasteiger partial charge in [-0.15, -0.1) is 0 Å². The van der Waals surface area contributed by atoms with E-state index < -0.39 is 0 Å². The van der Waals surface area contributed by atoms with E-state index in [1.54, 1.807) is 12.1 Å². The molecule has 23 heavy (non-hydrogen) atoms. The average Bonchev–Trinajstić information content (AvgIpc) is 3.18. The summed E-state index contributed by atoms with van der Waals surface area (Å²) >= 11 is 0. The zero-order valence-electron chi connectivity index (χ0n) is 13.4. The van der Waals surface area contributed by atoms with Crippen molar-refractivity contribution < 1.29 is 4.79 Å². The Kier molecular flexibility index (Phi) is 3.97. The minimum Gasteiger partial charge on any atom is -0.360 e. The molecule has 6 heteroatoms. The number of hydrogen-bond acceptors (Lipinski definition) is 3. The SMILES string of the molecule is CCn1c(C)nc2cc(C(=O)N/N=C(\C)c3ccc[nH]3)ccc21. The lowest BCUT2D eigenvalue weighted by Crippen LogP contribution is -2.19. The van der Waals surface area contributed by atoms with Crippen LogP contribution in [0.2, 0.25) is 0 Å². The van der Waals surface area contributed by atoms with Crippen LogP contribution >= 0.6 is 0 Å². The molecule has 1 aromatic carbocycles. The van der Waals surface area contributed by atoms with E-state index in [4.69, 9.17) is 0 Å². The Morgan fingerprint density at radius 2 is 2.22 bits per heavy atom. The smallest absolute Gasteiger partial charge is 0.271 e. The van der Waals surface area contributed by atoms with E-state index in [9.17, 15) is 4.79 Å². The Balaban J connectivity index is 1.82. The highest BCUT2D eigenvalue weighted by molar-refractivity contribution is 6.00. The molecular formula is C17H19N5O. The summed E-state index contributed by atoms with van der Waals surface area (Å²) in [6, 6.07) is 9.30. The van der Waals surface area contributed by atoms with Crippen LogP contribution in [0.3, 0.4) is 0 Å². The number of H-pyrrole nitrogens is 1. The fourth-order valence-corrected chi connectivity index (χ4v) is 2.61. The number of nitrogens with zero attached hydrogens (tertiary/aromatic N) is 3. The van der Waals surface area contributed by atoms with Crippen LogP contribution in [0.1, 0.15) is 35.7 Å². The van der Waals surface area contributed by atoms with Gasteiger partial charge in [-0.1, -0.05) is 0 Å². The second-order valence-corrected chi connectivity index (χ2v) is 5.33. The molecular weight excluding hydrogens is 290 g/mol. The molecule has 2 heterocycles. The third kappa shape index (κ3) is 2.88. The fraction of sp³-hybridized carbons (Fsp3) is 0.235. The van der Waals surface area contributed by atoms with E-state index in [0.29, 0.717) is 5.56 Å². The molecule has 0 bridgehead atoms. The van der Waals surface area contributed by atoms with Crippen LogP contribution in [-0.4, -0.2) is 26.2 Å². The minimum atomic E-state index is -0.249. The predicted octanol–water partition coefficient (Wildman–Crippen LogP) is 2.85. The predicted molar refractivity (Wildman–Crippen MR) is 90.6 cm³/mol. The standard InChI is InChI=1S/C17H19N5O/c1-4-22-12(3)19-15-10-13(7-8-16(15)22)17(23)21-20-11(2)14-6-5-9-18-14/h5-10,18H,4H2,1-3H3,(H,21,23)/b20-11+. The molecule has 0 atom stereocenters. The summed E-state index contributed by atoms with van der Waals surface area (Å²) in [4.78, 5) is 19.8. The maximum absolute atomic E-state index is 12.3. The second-order valence-electron chi connectivity index (χ2n) is 5.33. The molecule has 0 aliphatic rings. The number of fused-ring (bicyclic) bond motifs is 1. The first-order valence-corrected chi connectivity index (χ1v) is 7.55. The first kappa shape index (κ1) is 15.0. The molecule has 0 saturated carbocycles. The highest BCUT2D eigenvalue weighted by Gasteiger charge is 2.10. The number of aromatic nitrogens is 3. The number of benzene rings is 1. The van der Waals surface area contributed by atoms with Gasteiger partial charge in [0.25, 0.3) is 5.91 Å². The van der Waals surface area contributed by atoms with Crippen LogP contribution in [-0.2, 0) is 6.54 Å². The molecule has 0 aliphatic carbocycles. The molecule has 6 nitrogen and oxygen atoms in total. The number of imidazole rings is 1. The summed E-state index contributed by atoms with van der Waals surface area (Å²) in [6.07, 6.45) is 1.82. The lowest BCUT2D eigenvalue weighted by Gasteiger charge is -2.04. The summed E-state index contributed by atoms with van der Waals surface area (Å²) in [5.41, 5.74) is 6.57. The Labute approximate surface area is 134 Å². The monoisotopic (exact) mass is 309 g/mol. The Morgan fingerprint density at radius 3 is 2.91 bits per heavy atom. The second kappa shape index (κ2) is 6.08. The molecule has 0 fully saturated rings. The first-order valence-electron chi connectivity index (χ1n) is 7.55. The summed E-state index contributed by atoms with van der Waals surface area (Å²) in [5, 5.41) is 4.12. The molecule has 118 valence electrons. The molecule has 2 aromatic heterocycles. The van der Waals surface area contributed by atoms with Gasteiger partial charge in [-0.3, -0.25) is 4.79 Å². The molecule has 0 aliphatic heterocycles. The molecule has 3 aromatic rings. The van der Waals surface area contributed by atoms with E-state index in [-0.39, 0.29) is 5.91 Å². The Bertz CT molecular complexity index is 874. The molecule has 0 radical (unpaired) electrons. The number of aryl methyl sites for hydroxylation is 2. The van der Waals surface area contributed by atoms with Crippen molar-refractivity contribution in [3.05, 3.63) is 53.6 Å². The van der Waals surface area contributed by atoms with E-state index in [1.807, 2.05) is 38.2 Å². The van der Waals surface area contributed by atoms with Gasteiger partial charge in [0.2, 0.25) is 0 Å². The Morgan fingerprint density at radius 1 is 1.39 bits per heavy atom. The van der Waals surface area contributed by atoms with Gasteiger partial charge in [0.1, 0.15) is 5.82 Å². The summed E-state index contributed by atoms with van der Waals surface area (Å²) in [7, 11) is 0. The van der Waals surface area contributed by atoms with Crippen molar-refractivity contribution in [2.45, 2.75) is 27.3 Å². The minimum absolute atomic E-state index is 0.249. The van der Waals surface area contributed by atoms with Gasteiger partial charge in [0, 0.05) is 18.3 Å². The third-order valence-corrected chi connectivity index (χ3v) is 3.83. The number of hydrogen-bond donors (Lipinski definition) is 2. The van der Waals surface area contributed by atoms with Crippen molar-refractivity contribution in [3.63, 3.8) is 0 Å². The topological polar surface area (TPSA) is 75.1 Å². The lowest BCUT2D eigenvalue weighted by molar-refractivity contribution is 0.0955. The lowest BCUT2D eigenvalue weighted by atomic mass is 10.2. The van der Waals surface area contributed by atoms with Gasteiger partial charge >= 0.3 is 0 Å². The van der Waals surface area contributed by atoms with Crippen LogP contribution < -0.4 is 5.43 Å². The number of amides is 1. The molecule has 1 amide bonds. The van der Waals surface area contributed by atoms with E-state index in [0.717, 1.165) is 34.8 Å². The van der Waals surface area contributed by atoms with E-state index in [2.05, 4.69) is 32.0 Å². The summed E-state index contributed by atoms with van der Waals surface area (Å²) in [5.74, 6) is 0.696.